The zero-order chi connectivity index (χ0) is 23.4. The molecule has 2 N–H and O–H groups in total. The molecular weight excluding hydrogens is 430 g/mol. The first-order valence-electron chi connectivity index (χ1n) is 10.5. The molecule has 33 heavy (non-hydrogen) atoms. The number of terminal acetylenes is 1. The van der Waals surface area contributed by atoms with Crippen molar-refractivity contribution in [2.24, 2.45) is 0 Å². The smallest absolute Gasteiger partial charge is 0.115 e. The highest BCUT2D eigenvalue weighted by Gasteiger charge is 2.17. The quantitative estimate of drug-likeness (QED) is 0.331. The molecule has 2 unspecified atom stereocenters. The molecule has 0 spiro atoms. The topological polar surface area (TPSA) is 73.6 Å². The number of pyridine rings is 2. The Balaban J connectivity index is 1.78. The van der Waals surface area contributed by atoms with Crippen LogP contribution in [0.2, 0.25) is 5.02 Å². The molecule has 0 radical (unpaired) electrons. The van der Waals surface area contributed by atoms with Gasteiger partial charge in [0.05, 0.1) is 21.8 Å². The third-order valence-electron chi connectivity index (χ3n) is 5.54. The van der Waals surface area contributed by atoms with Gasteiger partial charge in [-0.2, -0.15) is 5.26 Å². The summed E-state index contributed by atoms with van der Waals surface area (Å²) in [6, 6.07) is 19.4. The highest BCUT2D eigenvalue weighted by molar-refractivity contribution is 6.35. The molecule has 162 valence electrons. The van der Waals surface area contributed by atoms with Gasteiger partial charge in [0.1, 0.15) is 12.1 Å². The highest BCUT2D eigenvalue weighted by atomic mass is 35.5. The van der Waals surface area contributed by atoms with Crippen molar-refractivity contribution in [3.63, 3.8) is 0 Å². The standard InChI is InChI=1S/C27H22ClN5/c1-4-25(22-11-8-12-30-18(22)3)33-21-13-23-26(32-17(2)19-9-6-5-7-10-19)20(15-29)16-31-27(23)24(28)14-21/h1,5-14,16-17,25,33H,2-3H3,(H,31,32). The van der Waals surface area contributed by atoms with E-state index in [-0.39, 0.29) is 12.1 Å². The molecule has 5 nitrogen and oxygen atoms in total. The van der Waals surface area contributed by atoms with Crippen LogP contribution in [0.25, 0.3) is 10.9 Å². The van der Waals surface area contributed by atoms with E-state index in [1.54, 1.807) is 18.5 Å². The van der Waals surface area contributed by atoms with Gasteiger partial charge in [0.2, 0.25) is 0 Å². The van der Waals surface area contributed by atoms with Gasteiger partial charge < -0.3 is 10.6 Å². The van der Waals surface area contributed by atoms with Crippen LogP contribution in [0, 0.1) is 30.6 Å². The van der Waals surface area contributed by atoms with Crippen molar-refractivity contribution < 1.29 is 0 Å². The average molecular weight is 452 g/mol. The van der Waals surface area contributed by atoms with Crippen LogP contribution in [0.5, 0.6) is 0 Å². The average Bonchev–Trinajstić information content (AvgIpc) is 2.84. The van der Waals surface area contributed by atoms with Crippen molar-refractivity contribution in [3.8, 4) is 18.4 Å². The van der Waals surface area contributed by atoms with Crippen molar-refractivity contribution in [1.82, 2.24) is 9.97 Å². The van der Waals surface area contributed by atoms with Crippen LogP contribution >= 0.6 is 11.6 Å². The number of halogens is 1. The van der Waals surface area contributed by atoms with Gasteiger partial charge in [0.25, 0.3) is 0 Å². The summed E-state index contributed by atoms with van der Waals surface area (Å²) in [6.07, 6.45) is 9.12. The zero-order valence-corrected chi connectivity index (χ0v) is 19.1. The van der Waals surface area contributed by atoms with Crippen molar-refractivity contribution in [2.75, 3.05) is 10.6 Å². The van der Waals surface area contributed by atoms with E-state index >= 15 is 0 Å². The Morgan fingerprint density at radius 1 is 1.06 bits per heavy atom. The summed E-state index contributed by atoms with van der Waals surface area (Å²) in [7, 11) is 0. The molecule has 4 rings (SSSR count). The number of nitrogens with one attached hydrogen (secondary N) is 2. The molecule has 6 heteroatoms. The number of nitriles is 1. The second-order valence-electron chi connectivity index (χ2n) is 7.71. The van der Waals surface area contributed by atoms with Crippen LogP contribution < -0.4 is 10.6 Å². The molecule has 2 atom stereocenters. The van der Waals surface area contributed by atoms with E-state index in [0.29, 0.717) is 21.8 Å². The van der Waals surface area contributed by atoms with Gasteiger partial charge in [-0.05, 0) is 37.6 Å². The Bertz CT molecular complexity index is 1390. The first kappa shape index (κ1) is 22.1. The van der Waals surface area contributed by atoms with E-state index in [1.165, 1.54) is 0 Å². The fraction of sp³-hybridized carbons (Fsp3) is 0.148. The molecule has 0 bridgehead atoms. The second kappa shape index (κ2) is 9.61. The van der Waals surface area contributed by atoms with Crippen molar-refractivity contribution in [2.45, 2.75) is 25.9 Å². The maximum absolute atomic E-state index is 9.75. The van der Waals surface area contributed by atoms with Crippen LogP contribution in [0.1, 0.15) is 41.4 Å². The number of nitrogens with zero attached hydrogens (tertiary/aromatic N) is 3. The van der Waals surface area contributed by atoms with Crippen molar-refractivity contribution >= 4 is 33.9 Å². The lowest BCUT2D eigenvalue weighted by Crippen LogP contribution is -2.11. The molecule has 0 saturated carbocycles. The summed E-state index contributed by atoms with van der Waals surface area (Å²) in [6.45, 7) is 3.97. The van der Waals surface area contributed by atoms with Gasteiger partial charge in [0, 0.05) is 40.8 Å². The van der Waals surface area contributed by atoms with Gasteiger partial charge >= 0.3 is 0 Å². The summed E-state index contributed by atoms with van der Waals surface area (Å²) < 4.78 is 0. The fourth-order valence-electron chi connectivity index (χ4n) is 3.80. The van der Waals surface area contributed by atoms with Crippen LogP contribution in [0.3, 0.4) is 0 Å². The minimum absolute atomic E-state index is 0.0317. The Kier molecular flexibility index (Phi) is 6.45. The summed E-state index contributed by atoms with van der Waals surface area (Å²) in [5, 5.41) is 17.8. The number of aryl methyl sites for hydroxylation is 1. The lowest BCUT2D eigenvalue weighted by atomic mass is 10.0. The van der Waals surface area contributed by atoms with Gasteiger partial charge in [-0.3, -0.25) is 9.97 Å². The predicted molar refractivity (Wildman–Crippen MR) is 134 cm³/mol. The SMILES string of the molecule is C#CC(Nc1cc(Cl)c2ncc(C#N)c(NC(C)c3ccccc3)c2c1)c1cccnc1C. The molecule has 2 aromatic carbocycles. The molecule has 2 aromatic heterocycles. The van der Waals surface area contributed by atoms with E-state index < -0.39 is 0 Å². The number of benzene rings is 2. The lowest BCUT2D eigenvalue weighted by Gasteiger charge is -2.20. The van der Waals surface area contributed by atoms with Gasteiger partial charge in [0.15, 0.2) is 0 Å². The van der Waals surface area contributed by atoms with E-state index in [0.717, 1.165) is 27.9 Å². The molecule has 0 saturated heterocycles. The van der Waals surface area contributed by atoms with Crippen LogP contribution in [-0.4, -0.2) is 9.97 Å². The third-order valence-corrected chi connectivity index (χ3v) is 5.83. The van der Waals surface area contributed by atoms with Gasteiger partial charge in [-0.15, -0.1) is 6.42 Å². The summed E-state index contributed by atoms with van der Waals surface area (Å²) in [5.41, 5.74) is 5.33. The van der Waals surface area contributed by atoms with Gasteiger partial charge in [-0.1, -0.05) is 53.9 Å². The summed E-state index contributed by atoms with van der Waals surface area (Å²) in [4.78, 5) is 8.77. The molecule has 0 amide bonds. The molecule has 4 aromatic rings. The molecular formula is C27H22ClN5. The number of hydrogen-bond donors (Lipinski definition) is 2. The predicted octanol–water partition coefficient (Wildman–Crippen LogP) is 6.42. The first-order chi connectivity index (χ1) is 16.0. The van der Waals surface area contributed by atoms with Crippen LogP contribution in [0.4, 0.5) is 11.4 Å². The number of hydrogen-bond acceptors (Lipinski definition) is 5. The monoisotopic (exact) mass is 451 g/mol. The highest BCUT2D eigenvalue weighted by Crippen LogP contribution is 2.36. The largest absolute Gasteiger partial charge is 0.377 e. The molecule has 0 aliphatic carbocycles. The number of fused-ring (bicyclic) bond motifs is 1. The third kappa shape index (κ3) is 4.60. The normalized spacial score (nSPS) is 12.4. The lowest BCUT2D eigenvalue weighted by molar-refractivity contribution is 0.885. The van der Waals surface area contributed by atoms with E-state index in [1.807, 2.05) is 62.4 Å². The minimum Gasteiger partial charge on any atom is -0.377 e. The molecule has 0 aliphatic heterocycles. The molecule has 2 heterocycles. The number of aromatic nitrogens is 2. The Morgan fingerprint density at radius 3 is 2.55 bits per heavy atom. The Labute approximate surface area is 198 Å². The number of rotatable bonds is 6. The van der Waals surface area contributed by atoms with Crippen LogP contribution in [-0.2, 0) is 0 Å². The second-order valence-corrected chi connectivity index (χ2v) is 8.12. The molecule has 0 fully saturated rings. The van der Waals surface area contributed by atoms with Crippen LogP contribution in [0.15, 0.2) is 67.0 Å². The Morgan fingerprint density at radius 2 is 1.85 bits per heavy atom. The van der Waals surface area contributed by atoms with E-state index in [4.69, 9.17) is 18.0 Å². The van der Waals surface area contributed by atoms with Gasteiger partial charge in [-0.25, -0.2) is 0 Å². The van der Waals surface area contributed by atoms with E-state index in [2.05, 4.69) is 32.6 Å². The Hall–Kier alpha value is -4.06. The first-order valence-corrected chi connectivity index (χ1v) is 10.9. The summed E-state index contributed by atoms with van der Waals surface area (Å²) in [5.74, 6) is 2.79. The zero-order valence-electron chi connectivity index (χ0n) is 18.3. The summed E-state index contributed by atoms with van der Waals surface area (Å²) >= 11 is 6.61. The van der Waals surface area contributed by atoms with Crippen molar-refractivity contribution in [3.05, 3.63) is 94.4 Å². The minimum atomic E-state index is -0.390. The number of anilines is 2. The maximum atomic E-state index is 9.75. The van der Waals surface area contributed by atoms with E-state index in [9.17, 15) is 5.26 Å². The van der Waals surface area contributed by atoms with Crippen molar-refractivity contribution in [1.29, 1.82) is 5.26 Å². The fourth-order valence-corrected chi connectivity index (χ4v) is 4.07. The molecule has 0 aliphatic rings. The maximum Gasteiger partial charge on any atom is 0.115 e.